The van der Waals surface area contributed by atoms with Gasteiger partial charge in [0.25, 0.3) is 0 Å². The molecule has 0 saturated carbocycles. The third kappa shape index (κ3) is 3.22. The highest BCUT2D eigenvalue weighted by atomic mass is 35.5. The van der Waals surface area contributed by atoms with E-state index < -0.39 is 0 Å². The molecule has 9 rings (SSSR count). The predicted octanol–water partition coefficient (Wildman–Crippen LogP) is 11.3. The summed E-state index contributed by atoms with van der Waals surface area (Å²) in [5.74, 6) is 0. The van der Waals surface area contributed by atoms with Crippen LogP contribution in [0.2, 0.25) is 5.02 Å². The number of benzene rings is 7. The van der Waals surface area contributed by atoms with Crippen LogP contribution in [0.3, 0.4) is 0 Å². The normalized spacial score (nSPS) is 15.2. The van der Waals surface area contributed by atoms with Gasteiger partial charge in [-0.3, -0.25) is 0 Å². The van der Waals surface area contributed by atoms with Gasteiger partial charge < -0.3 is 0 Å². The van der Waals surface area contributed by atoms with Gasteiger partial charge in [0.05, 0.1) is 5.41 Å². The molecule has 0 heterocycles. The first-order valence-electron chi connectivity index (χ1n) is 15.0. The Balaban J connectivity index is 1.33. The van der Waals surface area contributed by atoms with E-state index in [1.165, 1.54) is 77.2 Å². The Kier molecular flexibility index (Phi) is 5.03. The predicted molar refractivity (Wildman–Crippen MR) is 181 cm³/mol. The largest absolute Gasteiger partial charge is 0.0843 e. The van der Waals surface area contributed by atoms with Crippen molar-refractivity contribution in [2.45, 2.75) is 24.7 Å². The van der Waals surface area contributed by atoms with E-state index in [-0.39, 0.29) is 10.8 Å². The molecular weight excluding hydrogens is 540 g/mol. The van der Waals surface area contributed by atoms with Crippen LogP contribution in [0.5, 0.6) is 0 Å². The highest BCUT2D eigenvalue weighted by molar-refractivity contribution is 6.31. The molecule has 7 aromatic rings. The van der Waals surface area contributed by atoms with Gasteiger partial charge in [0, 0.05) is 10.4 Å². The maximum absolute atomic E-state index is 6.30. The molecule has 2 aliphatic rings. The van der Waals surface area contributed by atoms with Gasteiger partial charge in [0.2, 0.25) is 0 Å². The minimum Gasteiger partial charge on any atom is -0.0843 e. The van der Waals surface area contributed by atoms with E-state index >= 15 is 0 Å². The number of halogens is 1. The lowest BCUT2D eigenvalue weighted by molar-refractivity contribution is 0.563. The molecule has 1 heteroatoms. The molecule has 0 atom stereocenters. The third-order valence-corrected chi connectivity index (χ3v) is 10.4. The fourth-order valence-electron chi connectivity index (χ4n) is 8.26. The van der Waals surface area contributed by atoms with Crippen LogP contribution < -0.4 is 0 Å². The molecule has 7 aromatic carbocycles. The van der Waals surface area contributed by atoms with Crippen molar-refractivity contribution in [1.29, 1.82) is 0 Å². The van der Waals surface area contributed by atoms with E-state index in [1.807, 2.05) is 12.1 Å². The Hall–Kier alpha value is -4.65. The van der Waals surface area contributed by atoms with Crippen molar-refractivity contribution in [1.82, 2.24) is 0 Å². The Morgan fingerprint density at radius 1 is 0.419 bits per heavy atom. The Labute approximate surface area is 257 Å². The lowest BCUT2D eigenvalue weighted by Crippen LogP contribution is -2.40. The van der Waals surface area contributed by atoms with Crippen LogP contribution in [-0.2, 0) is 10.8 Å². The smallest absolute Gasteiger partial charge is 0.0719 e. The van der Waals surface area contributed by atoms with Gasteiger partial charge in [-0.15, -0.1) is 0 Å². The standard InChI is InChI=1S/C42H29Cl/c1-41(2)36-11-5-7-13-38(36)42(39-14-8-6-12-37(39)41)35-10-4-3-9-33(35)34-21-18-27(25-40(34)42)26-17-20-31-28(23-26)15-16-29-24-30(43)19-22-32(29)31/h3-25H,1-2H3. The summed E-state index contributed by atoms with van der Waals surface area (Å²) in [7, 11) is 0. The molecule has 43 heavy (non-hydrogen) atoms. The van der Waals surface area contributed by atoms with Gasteiger partial charge in [-0.05, 0) is 101 Å². The number of fused-ring (bicyclic) bond motifs is 12. The lowest BCUT2D eigenvalue weighted by Gasteiger charge is -2.46. The summed E-state index contributed by atoms with van der Waals surface area (Å²) >= 11 is 6.30. The molecule has 0 aliphatic heterocycles. The average Bonchev–Trinajstić information content (AvgIpc) is 3.34. The lowest BCUT2D eigenvalue weighted by atomic mass is 9.55. The average molecular weight is 569 g/mol. The second-order valence-corrected chi connectivity index (χ2v) is 13.1. The summed E-state index contributed by atoms with van der Waals surface area (Å²) in [6.07, 6.45) is 0. The van der Waals surface area contributed by atoms with Crippen LogP contribution in [0.15, 0.2) is 140 Å². The highest BCUT2D eigenvalue weighted by Crippen LogP contribution is 2.62. The summed E-state index contributed by atoms with van der Waals surface area (Å²) in [6.45, 7) is 4.75. The maximum Gasteiger partial charge on any atom is 0.0719 e. The van der Waals surface area contributed by atoms with Crippen LogP contribution in [0, 0.1) is 0 Å². The molecule has 0 fully saturated rings. The molecule has 0 amide bonds. The fourth-order valence-corrected chi connectivity index (χ4v) is 8.44. The van der Waals surface area contributed by atoms with Crippen LogP contribution in [0.25, 0.3) is 43.8 Å². The van der Waals surface area contributed by atoms with E-state index in [1.54, 1.807) is 0 Å². The van der Waals surface area contributed by atoms with E-state index in [4.69, 9.17) is 11.6 Å². The van der Waals surface area contributed by atoms with Crippen LogP contribution in [-0.4, -0.2) is 0 Å². The summed E-state index contributed by atoms with van der Waals surface area (Å²) in [5, 5.41) is 5.66. The van der Waals surface area contributed by atoms with E-state index in [0.717, 1.165) is 5.02 Å². The summed E-state index contributed by atoms with van der Waals surface area (Å²) in [6, 6.07) is 51.9. The molecule has 0 nitrogen and oxygen atoms in total. The molecule has 204 valence electrons. The van der Waals surface area contributed by atoms with Gasteiger partial charge in [0.1, 0.15) is 0 Å². The summed E-state index contributed by atoms with van der Waals surface area (Å²) in [5.41, 5.74) is 13.0. The quantitative estimate of drug-likeness (QED) is 0.173. The van der Waals surface area contributed by atoms with Gasteiger partial charge in [-0.2, -0.15) is 0 Å². The first-order chi connectivity index (χ1) is 21.0. The number of hydrogen-bond acceptors (Lipinski definition) is 0. The molecular formula is C42H29Cl. The van der Waals surface area contributed by atoms with Gasteiger partial charge in [-0.1, -0.05) is 141 Å². The number of hydrogen-bond donors (Lipinski definition) is 0. The molecule has 0 N–H and O–H groups in total. The highest BCUT2D eigenvalue weighted by Gasteiger charge is 2.53. The molecule has 0 saturated heterocycles. The molecule has 0 radical (unpaired) electrons. The minimum atomic E-state index is -0.378. The van der Waals surface area contributed by atoms with Crippen molar-refractivity contribution in [3.63, 3.8) is 0 Å². The summed E-state index contributed by atoms with van der Waals surface area (Å²) < 4.78 is 0. The van der Waals surface area contributed by atoms with Crippen LogP contribution >= 0.6 is 11.6 Å². The van der Waals surface area contributed by atoms with Crippen molar-refractivity contribution < 1.29 is 0 Å². The van der Waals surface area contributed by atoms with Crippen molar-refractivity contribution in [2.75, 3.05) is 0 Å². The van der Waals surface area contributed by atoms with Crippen molar-refractivity contribution in [2.24, 2.45) is 0 Å². The maximum atomic E-state index is 6.30. The Bertz CT molecular complexity index is 2240. The van der Waals surface area contributed by atoms with Gasteiger partial charge in [-0.25, -0.2) is 0 Å². The topological polar surface area (TPSA) is 0 Å². The minimum absolute atomic E-state index is 0.0981. The Morgan fingerprint density at radius 2 is 0.930 bits per heavy atom. The molecule has 0 unspecified atom stereocenters. The van der Waals surface area contributed by atoms with Crippen LogP contribution in [0.4, 0.5) is 0 Å². The monoisotopic (exact) mass is 568 g/mol. The van der Waals surface area contributed by atoms with Crippen molar-refractivity contribution in [3.8, 4) is 22.3 Å². The zero-order valence-electron chi connectivity index (χ0n) is 24.2. The molecule has 1 spiro atoms. The summed E-state index contributed by atoms with van der Waals surface area (Å²) in [4.78, 5) is 0. The first kappa shape index (κ1) is 24.9. The van der Waals surface area contributed by atoms with Crippen molar-refractivity contribution in [3.05, 3.63) is 178 Å². The van der Waals surface area contributed by atoms with Crippen molar-refractivity contribution >= 4 is 33.1 Å². The van der Waals surface area contributed by atoms with Gasteiger partial charge in [0.15, 0.2) is 0 Å². The number of rotatable bonds is 1. The van der Waals surface area contributed by atoms with Gasteiger partial charge >= 0.3 is 0 Å². The zero-order valence-corrected chi connectivity index (χ0v) is 24.9. The third-order valence-electron chi connectivity index (χ3n) is 10.2. The second kappa shape index (κ2) is 8.69. The fraction of sp³-hybridized carbons (Fsp3) is 0.0952. The Morgan fingerprint density at radius 3 is 1.63 bits per heavy atom. The first-order valence-corrected chi connectivity index (χ1v) is 15.4. The van der Waals surface area contributed by atoms with Crippen LogP contribution in [0.1, 0.15) is 47.2 Å². The van der Waals surface area contributed by atoms with E-state index in [2.05, 4.69) is 141 Å². The molecule has 0 bridgehead atoms. The second-order valence-electron chi connectivity index (χ2n) is 12.6. The molecule has 0 aromatic heterocycles. The SMILES string of the molecule is CC1(C)c2ccccc2C2(c3ccccc3-c3ccc(-c4ccc5c(ccc6cc(Cl)ccc65)c4)cc32)c2ccccc21. The molecule has 2 aliphatic carbocycles. The van der Waals surface area contributed by atoms with E-state index in [9.17, 15) is 0 Å². The zero-order chi connectivity index (χ0) is 28.9. The van der Waals surface area contributed by atoms with E-state index in [0.29, 0.717) is 0 Å².